The van der Waals surface area contributed by atoms with Crippen LogP contribution in [-0.2, 0) is 11.2 Å². The molecule has 1 heterocycles. The van der Waals surface area contributed by atoms with Crippen molar-refractivity contribution in [1.82, 2.24) is 0 Å². The largest absolute Gasteiger partial charge is 0.473 e. The molecule has 25 heavy (non-hydrogen) atoms. The maximum atomic E-state index is 12.2. The summed E-state index contributed by atoms with van der Waals surface area (Å²) >= 11 is 0. The fourth-order valence-corrected chi connectivity index (χ4v) is 3.84. The lowest BCUT2D eigenvalue weighted by Gasteiger charge is -2.21. The Balaban J connectivity index is 0.000000223. The highest BCUT2D eigenvalue weighted by Gasteiger charge is 2.21. The summed E-state index contributed by atoms with van der Waals surface area (Å²) in [5, 5.41) is 2.43. The van der Waals surface area contributed by atoms with Crippen LogP contribution in [0.2, 0.25) is 0 Å². The highest BCUT2D eigenvalue weighted by Crippen LogP contribution is 2.27. The first kappa shape index (κ1) is 15.9. The number of ether oxygens (including phenoxy) is 1. The third kappa shape index (κ3) is 3.17. The van der Waals surface area contributed by atoms with Gasteiger partial charge in [0, 0.05) is 12.0 Å². The van der Waals surface area contributed by atoms with Gasteiger partial charge in [-0.15, -0.1) is 0 Å². The third-order valence-corrected chi connectivity index (χ3v) is 5.03. The summed E-state index contributed by atoms with van der Waals surface area (Å²) in [7, 11) is 0. The summed E-state index contributed by atoms with van der Waals surface area (Å²) in [5.74, 6) is 0.326. The molecule has 0 fully saturated rings. The molecule has 0 aromatic heterocycles. The van der Waals surface area contributed by atoms with Gasteiger partial charge in [-0.3, -0.25) is 4.79 Å². The molecule has 126 valence electrons. The van der Waals surface area contributed by atoms with Crippen molar-refractivity contribution in [3.05, 3.63) is 82.2 Å². The maximum Gasteiger partial charge on any atom is 0.164 e. The van der Waals surface area contributed by atoms with E-state index in [0.717, 1.165) is 42.9 Å². The quantitative estimate of drug-likeness (QED) is 0.722. The number of benzene rings is 1. The first-order chi connectivity index (χ1) is 12.3. The summed E-state index contributed by atoms with van der Waals surface area (Å²) < 4.78 is 4.71. The fraction of sp³-hybridized carbons (Fsp3) is 0.261. The van der Waals surface area contributed by atoms with Crippen LogP contribution < -0.4 is 10.4 Å². The van der Waals surface area contributed by atoms with Crippen molar-refractivity contribution in [2.45, 2.75) is 38.5 Å². The Morgan fingerprint density at radius 1 is 0.920 bits per heavy atom. The van der Waals surface area contributed by atoms with Crippen LogP contribution in [0, 0.1) is 0 Å². The standard InChI is InChI=1S/C18H16O.C5H6O/c19-17-7-3-5-13-9-10-15-14-6-2-1-4-12(14)8-11-16(15)18(13)17;1-2-4-6-5-3-1/h2,5-6,8-10H,1,3-4,7,11H2;2-5H,1H2. The first-order valence-corrected chi connectivity index (χ1v) is 9.05. The van der Waals surface area contributed by atoms with Gasteiger partial charge in [-0.25, -0.2) is 0 Å². The zero-order chi connectivity index (χ0) is 17.1. The molecule has 4 aliphatic rings. The van der Waals surface area contributed by atoms with Gasteiger partial charge in [0.2, 0.25) is 0 Å². The minimum atomic E-state index is 0.326. The van der Waals surface area contributed by atoms with Crippen LogP contribution in [0.1, 0.15) is 48.0 Å². The molecule has 3 aliphatic carbocycles. The van der Waals surface area contributed by atoms with E-state index in [1.54, 1.807) is 12.5 Å². The molecule has 5 rings (SSSR count). The van der Waals surface area contributed by atoms with Gasteiger partial charge in [-0.2, -0.15) is 0 Å². The van der Waals surface area contributed by atoms with E-state index in [2.05, 4.69) is 36.4 Å². The Labute approximate surface area is 148 Å². The van der Waals surface area contributed by atoms with Crippen LogP contribution in [0.3, 0.4) is 0 Å². The van der Waals surface area contributed by atoms with Crippen molar-refractivity contribution in [2.24, 2.45) is 0 Å². The summed E-state index contributed by atoms with van der Waals surface area (Å²) in [5.41, 5.74) is 5.05. The zero-order valence-corrected chi connectivity index (χ0v) is 14.3. The SMILES string of the molecule is C1=COC=CC1.O=C1CCC=c2ccc3c(c21)CC=C1CCC=CC=31. The van der Waals surface area contributed by atoms with Crippen LogP contribution in [-0.4, -0.2) is 5.78 Å². The lowest BCUT2D eigenvalue weighted by Crippen LogP contribution is -2.30. The van der Waals surface area contributed by atoms with E-state index in [0.29, 0.717) is 12.2 Å². The predicted molar refractivity (Wildman–Crippen MR) is 101 cm³/mol. The van der Waals surface area contributed by atoms with Crippen molar-refractivity contribution in [3.63, 3.8) is 0 Å². The number of rotatable bonds is 0. The number of carbonyl (C=O) groups is 1. The van der Waals surface area contributed by atoms with E-state index in [1.807, 2.05) is 12.2 Å². The second-order valence-corrected chi connectivity index (χ2v) is 6.63. The third-order valence-electron chi connectivity index (χ3n) is 5.03. The van der Waals surface area contributed by atoms with Gasteiger partial charge >= 0.3 is 0 Å². The van der Waals surface area contributed by atoms with E-state index in [4.69, 9.17) is 4.74 Å². The monoisotopic (exact) mass is 330 g/mol. The molecular formula is C23H22O2. The van der Waals surface area contributed by atoms with Gasteiger partial charge < -0.3 is 4.74 Å². The highest BCUT2D eigenvalue weighted by molar-refractivity contribution is 6.00. The molecule has 0 radical (unpaired) electrons. The molecule has 2 nitrogen and oxygen atoms in total. The number of carbonyl (C=O) groups excluding carboxylic acids is 1. The van der Waals surface area contributed by atoms with Crippen LogP contribution in [0.25, 0.3) is 11.6 Å². The summed E-state index contributed by atoms with van der Waals surface area (Å²) in [6.07, 6.45) is 22.1. The first-order valence-electron chi connectivity index (χ1n) is 9.05. The van der Waals surface area contributed by atoms with E-state index >= 15 is 0 Å². The maximum absolute atomic E-state index is 12.2. The summed E-state index contributed by atoms with van der Waals surface area (Å²) in [4.78, 5) is 12.2. The number of fused-ring (bicyclic) bond motifs is 4. The minimum Gasteiger partial charge on any atom is -0.473 e. The molecule has 2 heteroatoms. The second-order valence-electron chi connectivity index (χ2n) is 6.63. The lowest BCUT2D eigenvalue weighted by molar-refractivity contribution is 0.0980. The Kier molecular flexibility index (Phi) is 4.51. The smallest absolute Gasteiger partial charge is 0.164 e. The van der Waals surface area contributed by atoms with Crippen LogP contribution in [0.5, 0.6) is 0 Å². The Hall–Kier alpha value is -2.61. The fourth-order valence-electron chi connectivity index (χ4n) is 3.84. The van der Waals surface area contributed by atoms with Crippen molar-refractivity contribution in [2.75, 3.05) is 0 Å². The summed E-state index contributed by atoms with van der Waals surface area (Å²) in [6.45, 7) is 0. The number of ketones is 1. The molecule has 0 spiro atoms. The van der Waals surface area contributed by atoms with Gasteiger partial charge in [0.15, 0.2) is 5.78 Å². The molecule has 0 N–H and O–H groups in total. The van der Waals surface area contributed by atoms with Crippen molar-refractivity contribution in [1.29, 1.82) is 0 Å². The van der Waals surface area contributed by atoms with Gasteiger partial charge in [0.05, 0.1) is 12.5 Å². The topological polar surface area (TPSA) is 26.3 Å². The second kappa shape index (κ2) is 7.10. The Bertz CT molecular complexity index is 919. The number of allylic oxidation sites excluding steroid dienone is 6. The number of hydrogen-bond donors (Lipinski definition) is 0. The van der Waals surface area contributed by atoms with Gasteiger partial charge in [0.25, 0.3) is 0 Å². The molecule has 0 saturated carbocycles. The molecule has 0 unspecified atom stereocenters. The molecule has 0 amide bonds. The van der Waals surface area contributed by atoms with Crippen LogP contribution in [0.15, 0.2) is 60.6 Å². The van der Waals surface area contributed by atoms with Crippen molar-refractivity contribution in [3.8, 4) is 0 Å². The van der Waals surface area contributed by atoms with Gasteiger partial charge in [-0.05, 0) is 71.4 Å². The molecular weight excluding hydrogens is 308 g/mol. The summed E-state index contributed by atoms with van der Waals surface area (Å²) in [6, 6.07) is 4.34. The number of Topliss-reactive ketones (excluding diaryl/α,β-unsaturated/α-hetero) is 1. The minimum absolute atomic E-state index is 0.326. The van der Waals surface area contributed by atoms with Crippen molar-refractivity contribution >= 4 is 17.4 Å². The highest BCUT2D eigenvalue weighted by atomic mass is 16.5. The predicted octanol–water partition coefficient (Wildman–Crippen LogP) is 3.86. The van der Waals surface area contributed by atoms with E-state index in [-0.39, 0.29) is 0 Å². The van der Waals surface area contributed by atoms with E-state index in [9.17, 15) is 4.79 Å². The van der Waals surface area contributed by atoms with Crippen LogP contribution >= 0.6 is 0 Å². The Morgan fingerprint density at radius 3 is 2.56 bits per heavy atom. The van der Waals surface area contributed by atoms with Gasteiger partial charge in [-0.1, -0.05) is 36.4 Å². The molecule has 0 saturated heterocycles. The number of hydrogen-bond acceptors (Lipinski definition) is 2. The van der Waals surface area contributed by atoms with E-state index in [1.165, 1.54) is 21.9 Å². The van der Waals surface area contributed by atoms with Crippen LogP contribution in [0.4, 0.5) is 0 Å². The van der Waals surface area contributed by atoms with Gasteiger partial charge in [0.1, 0.15) is 0 Å². The average molecular weight is 330 g/mol. The van der Waals surface area contributed by atoms with E-state index < -0.39 is 0 Å². The molecule has 0 bridgehead atoms. The Morgan fingerprint density at radius 2 is 1.80 bits per heavy atom. The molecule has 1 aromatic carbocycles. The zero-order valence-electron chi connectivity index (χ0n) is 14.3. The molecule has 1 aromatic rings. The van der Waals surface area contributed by atoms with Crippen molar-refractivity contribution < 1.29 is 9.53 Å². The lowest BCUT2D eigenvalue weighted by atomic mass is 9.82. The average Bonchev–Trinajstić information content (AvgIpc) is 2.69. The normalized spacial score (nSPS) is 19.4. The molecule has 1 aliphatic heterocycles. The molecule has 0 atom stereocenters.